The zero-order chi connectivity index (χ0) is 36.3. The van der Waals surface area contributed by atoms with E-state index in [1.165, 1.54) is 6.07 Å². The van der Waals surface area contributed by atoms with E-state index in [-0.39, 0.29) is 11.1 Å². The summed E-state index contributed by atoms with van der Waals surface area (Å²) in [6, 6.07) is 39.6. The van der Waals surface area contributed by atoms with Gasteiger partial charge in [0.1, 0.15) is 11.6 Å². The molecule has 7 nitrogen and oxygen atoms in total. The highest BCUT2D eigenvalue weighted by atomic mass is 19.4. The highest BCUT2D eigenvalue weighted by Crippen LogP contribution is 2.41. The van der Waals surface area contributed by atoms with E-state index in [2.05, 4.69) is 30.3 Å². The minimum Gasteiger partial charge on any atom is -0.308 e. The van der Waals surface area contributed by atoms with Crippen molar-refractivity contribution in [2.45, 2.75) is 6.18 Å². The van der Waals surface area contributed by atoms with Gasteiger partial charge >= 0.3 is 6.18 Å². The van der Waals surface area contributed by atoms with Crippen LogP contribution in [0.4, 0.5) is 13.2 Å². The van der Waals surface area contributed by atoms with Crippen molar-refractivity contribution >= 4 is 43.6 Å². The van der Waals surface area contributed by atoms with E-state index in [0.717, 1.165) is 12.1 Å². The Balaban J connectivity index is 1.56. The quantitative estimate of drug-likeness (QED) is 0.184. The summed E-state index contributed by atoms with van der Waals surface area (Å²) in [6.45, 7) is 0. The van der Waals surface area contributed by atoms with Crippen LogP contribution in [0.15, 0.2) is 109 Å². The summed E-state index contributed by atoms with van der Waals surface area (Å²) in [5, 5.41) is 52.5. The topological polar surface area (TPSA) is 129 Å². The molecule has 242 valence electrons. The Hall–Kier alpha value is -7.84. The van der Waals surface area contributed by atoms with Gasteiger partial charge in [-0.05, 0) is 108 Å². The van der Waals surface area contributed by atoms with Gasteiger partial charge in [-0.1, -0.05) is 12.1 Å². The van der Waals surface area contributed by atoms with Crippen molar-refractivity contribution in [3.63, 3.8) is 0 Å². The van der Waals surface area contributed by atoms with Gasteiger partial charge in [0.15, 0.2) is 0 Å². The van der Waals surface area contributed by atoms with Gasteiger partial charge in [0, 0.05) is 21.5 Å². The van der Waals surface area contributed by atoms with Crippen molar-refractivity contribution in [2.24, 2.45) is 0 Å². The molecule has 10 heteroatoms. The first-order chi connectivity index (χ1) is 25.2. The third-order valence-corrected chi connectivity index (χ3v) is 9.26. The first-order valence-electron chi connectivity index (χ1n) is 15.7. The Bertz CT molecular complexity index is 2760. The standard InChI is InChI=1S/C42H18F3N7/c43-42(44,45)30-3-1-2-28(16-30)29-17-40(51-36-8-4-24(19-46)12-31(36)32-13-25(20-47)5-9-37(32)51)35(23-50)41(18-29)52-38-10-6-26(21-48)14-33(38)34-15-27(22-49)7-11-39(34)52/h1-18H. The minimum absolute atomic E-state index is 0.177. The fourth-order valence-electron chi connectivity index (χ4n) is 6.96. The van der Waals surface area contributed by atoms with Crippen LogP contribution in [-0.4, -0.2) is 9.13 Å². The molecule has 0 N–H and O–H groups in total. The van der Waals surface area contributed by atoms with Crippen molar-refractivity contribution in [1.82, 2.24) is 9.13 Å². The van der Waals surface area contributed by atoms with Crippen molar-refractivity contribution in [2.75, 3.05) is 0 Å². The number of nitrogens with zero attached hydrogens (tertiary/aromatic N) is 7. The second-order valence-corrected chi connectivity index (χ2v) is 12.1. The molecule has 0 aliphatic heterocycles. The number of benzene rings is 6. The molecule has 0 amide bonds. The molecule has 52 heavy (non-hydrogen) atoms. The van der Waals surface area contributed by atoms with Crippen LogP contribution in [0.2, 0.25) is 0 Å². The summed E-state index contributed by atoms with van der Waals surface area (Å²) in [6.07, 6.45) is -4.61. The third-order valence-electron chi connectivity index (χ3n) is 9.26. The molecular formula is C42H18F3N7. The van der Waals surface area contributed by atoms with Crippen LogP contribution >= 0.6 is 0 Å². The molecule has 0 radical (unpaired) electrons. The first kappa shape index (κ1) is 31.4. The van der Waals surface area contributed by atoms with E-state index < -0.39 is 11.7 Å². The molecule has 0 saturated heterocycles. The predicted molar refractivity (Wildman–Crippen MR) is 189 cm³/mol. The minimum atomic E-state index is -4.61. The van der Waals surface area contributed by atoms with Gasteiger partial charge in [-0.25, -0.2) is 0 Å². The lowest BCUT2D eigenvalue weighted by Crippen LogP contribution is -2.06. The maximum Gasteiger partial charge on any atom is 0.416 e. The summed E-state index contributed by atoms with van der Waals surface area (Å²) in [5.74, 6) is 0. The molecule has 0 spiro atoms. The molecule has 2 heterocycles. The Morgan fingerprint density at radius 1 is 0.423 bits per heavy atom. The fourth-order valence-corrected chi connectivity index (χ4v) is 6.96. The highest BCUT2D eigenvalue weighted by molar-refractivity contribution is 6.12. The monoisotopic (exact) mass is 677 g/mol. The summed E-state index contributed by atoms with van der Waals surface area (Å²) >= 11 is 0. The normalized spacial score (nSPS) is 11.3. The van der Waals surface area contributed by atoms with Crippen LogP contribution in [0.25, 0.3) is 66.1 Å². The Kier molecular flexibility index (Phi) is 7.04. The molecule has 8 rings (SSSR count). The fraction of sp³-hybridized carbons (Fsp3) is 0.0238. The average Bonchev–Trinajstić information content (AvgIpc) is 3.67. The summed E-state index contributed by atoms with van der Waals surface area (Å²) in [5.41, 5.74) is 4.60. The van der Waals surface area contributed by atoms with E-state index in [1.54, 1.807) is 91.0 Å². The van der Waals surface area contributed by atoms with Crippen LogP contribution in [0.3, 0.4) is 0 Å². The van der Waals surface area contributed by atoms with E-state index in [0.29, 0.717) is 82.8 Å². The average molecular weight is 678 g/mol. The smallest absolute Gasteiger partial charge is 0.308 e. The lowest BCUT2D eigenvalue weighted by molar-refractivity contribution is -0.137. The maximum atomic E-state index is 14.0. The summed E-state index contributed by atoms with van der Waals surface area (Å²) in [4.78, 5) is 0. The van der Waals surface area contributed by atoms with Crippen molar-refractivity contribution < 1.29 is 13.2 Å². The van der Waals surface area contributed by atoms with E-state index in [4.69, 9.17) is 0 Å². The molecular weight excluding hydrogens is 660 g/mol. The second-order valence-electron chi connectivity index (χ2n) is 12.1. The van der Waals surface area contributed by atoms with Gasteiger partial charge in [0.25, 0.3) is 0 Å². The Morgan fingerprint density at radius 2 is 0.808 bits per heavy atom. The molecule has 8 aromatic rings. The molecule has 6 aromatic carbocycles. The molecule has 2 aromatic heterocycles. The van der Waals surface area contributed by atoms with Crippen LogP contribution < -0.4 is 0 Å². The van der Waals surface area contributed by atoms with E-state index >= 15 is 0 Å². The molecule has 0 bridgehead atoms. The number of hydrogen-bond acceptors (Lipinski definition) is 5. The highest BCUT2D eigenvalue weighted by Gasteiger charge is 2.31. The molecule has 0 unspecified atom stereocenters. The van der Waals surface area contributed by atoms with E-state index in [1.807, 2.05) is 9.13 Å². The number of rotatable bonds is 3. The molecule has 0 saturated carbocycles. The third kappa shape index (κ3) is 4.79. The molecule has 0 aliphatic carbocycles. The number of aromatic nitrogens is 2. The number of alkyl halides is 3. The molecule has 0 atom stereocenters. The zero-order valence-corrected chi connectivity index (χ0v) is 26.7. The van der Waals surface area contributed by atoms with Crippen LogP contribution in [0, 0.1) is 56.7 Å². The predicted octanol–water partition coefficient (Wildman–Crippen LogP) is 9.92. The lowest BCUT2D eigenvalue weighted by Gasteiger charge is -2.19. The van der Waals surface area contributed by atoms with Crippen molar-refractivity contribution in [3.05, 3.63) is 143 Å². The van der Waals surface area contributed by atoms with Gasteiger partial charge < -0.3 is 9.13 Å². The largest absolute Gasteiger partial charge is 0.416 e. The number of fused-ring (bicyclic) bond motifs is 6. The maximum absolute atomic E-state index is 14.0. The molecule has 0 aliphatic rings. The number of halogens is 3. The second kappa shape index (κ2) is 11.6. The van der Waals surface area contributed by atoms with Crippen LogP contribution in [0.1, 0.15) is 33.4 Å². The summed E-state index contributed by atoms with van der Waals surface area (Å²) < 4.78 is 45.7. The zero-order valence-electron chi connectivity index (χ0n) is 26.7. The van der Waals surface area contributed by atoms with Gasteiger partial charge in [0.2, 0.25) is 0 Å². The van der Waals surface area contributed by atoms with Gasteiger partial charge in [-0.3, -0.25) is 0 Å². The Labute approximate surface area is 293 Å². The van der Waals surface area contributed by atoms with Crippen LogP contribution in [-0.2, 0) is 6.18 Å². The van der Waals surface area contributed by atoms with Crippen molar-refractivity contribution in [3.8, 4) is 52.8 Å². The number of hydrogen-bond donors (Lipinski definition) is 0. The van der Waals surface area contributed by atoms with Gasteiger partial charge in [-0.15, -0.1) is 0 Å². The van der Waals surface area contributed by atoms with Crippen LogP contribution in [0.5, 0.6) is 0 Å². The Morgan fingerprint density at radius 3 is 1.13 bits per heavy atom. The van der Waals surface area contributed by atoms with Crippen molar-refractivity contribution in [1.29, 1.82) is 26.3 Å². The first-order valence-corrected chi connectivity index (χ1v) is 15.7. The molecule has 0 fully saturated rings. The van der Waals surface area contributed by atoms with Gasteiger partial charge in [-0.2, -0.15) is 39.5 Å². The lowest BCUT2D eigenvalue weighted by atomic mass is 9.98. The number of nitriles is 5. The van der Waals surface area contributed by atoms with E-state index in [9.17, 15) is 39.5 Å². The summed E-state index contributed by atoms with van der Waals surface area (Å²) in [7, 11) is 0. The SMILES string of the molecule is N#Cc1ccc2c(c1)c1cc(C#N)ccc1n2-c1cc(-c2cccc(C(F)(F)F)c2)cc(-n2c3ccc(C#N)cc3c3cc(C#N)ccc32)c1C#N. The van der Waals surface area contributed by atoms with Gasteiger partial charge in [0.05, 0.1) is 85.5 Å².